The van der Waals surface area contributed by atoms with Crippen LogP contribution in [-0.2, 0) is 22.5 Å². The van der Waals surface area contributed by atoms with E-state index < -0.39 is 5.97 Å². The van der Waals surface area contributed by atoms with E-state index in [1.54, 1.807) is 16.5 Å². The molecule has 0 fully saturated rings. The Morgan fingerprint density at radius 1 is 1.00 bits per heavy atom. The van der Waals surface area contributed by atoms with Crippen molar-refractivity contribution in [1.82, 2.24) is 14.7 Å². The largest absolute Gasteiger partial charge is 0.484 e. The highest BCUT2D eigenvalue weighted by Gasteiger charge is 2.31. The number of aryl methyl sites for hydroxylation is 2. The molecule has 166 valence electrons. The zero-order valence-electron chi connectivity index (χ0n) is 18.6. The first kappa shape index (κ1) is 21.6. The predicted octanol–water partition coefficient (Wildman–Crippen LogP) is 3.63. The van der Waals surface area contributed by atoms with Gasteiger partial charge in [-0.25, -0.2) is 9.48 Å². The number of rotatable bonds is 6. The summed E-state index contributed by atoms with van der Waals surface area (Å²) >= 11 is 0. The number of fused-ring (bicyclic) bond motifs is 1. The minimum atomic E-state index is -0.472. The average molecular weight is 434 g/mol. The Kier molecular flexibility index (Phi) is 6.25. The van der Waals surface area contributed by atoms with Crippen molar-refractivity contribution in [3.63, 3.8) is 0 Å². The summed E-state index contributed by atoms with van der Waals surface area (Å²) in [5.74, 6) is 0.0509. The van der Waals surface area contributed by atoms with Crippen molar-refractivity contribution in [2.75, 3.05) is 19.8 Å². The van der Waals surface area contributed by atoms with E-state index in [0.29, 0.717) is 25.3 Å². The summed E-state index contributed by atoms with van der Waals surface area (Å²) in [4.78, 5) is 27.1. The molecule has 0 radical (unpaired) electrons. The molecule has 0 atom stereocenters. The van der Waals surface area contributed by atoms with Crippen molar-refractivity contribution in [2.24, 2.45) is 0 Å². The van der Waals surface area contributed by atoms with Crippen molar-refractivity contribution >= 4 is 11.9 Å². The fourth-order valence-corrected chi connectivity index (χ4v) is 3.77. The second-order valence-corrected chi connectivity index (χ2v) is 7.91. The van der Waals surface area contributed by atoms with E-state index in [-0.39, 0.29) is 24.8 Å². The zero-order valence-corrected chi connectivity index (χ0v) is 18.6. The third-order valence-electron chi connectivity index (χ3n) is 5.54. The fourth-order valence-electron chi connectivity index (χ4n) is 3.77. The van der Waals surface area contributed by atoms with Gasteiger partial charge in [0.15, 0.2) is 12.3 Å². The van der Waals surface area contributed by atoms with Crippen LogP contribution in [0.2, 0.25) is 0 Å². The number of carbonyl (C=O) groups is 2. The maximum atomic E-state index is 12.8. The van der Waals surface area contributed by atoms with Gasteiger partial charge in [-0.15, -0.1) is 0 Å². The molecule has 3 aromatic rings. The summed E-state index contributed by atoms with van der Waals surface area (Å²) in [5, 5.41) is 4.58. The lowest BCUT2D eigenvalue weighted by Crippen LogP contribution is -2.39. The molecular weight excluding hydrogens is 406 g/mol. The summed E-state index contributed by atoms with van der Waals surface area (Å²) in [7, 11) is 0. The van der Waals surface area contributed by atoms with Crippen LogP contribution in [0, 0.1) is 13.8 Å². The molecule has 0 aliphatic carbocycles. The smallest absolute Gasteiger partial charge is 0.359 e. The van der Waals surface area contributed by atoms with E-state index >= 15 is 0 Å². The third kappa shape index (κ3) is 4.51. The van der Waals surface area contributed by atoms with Crippen LogP contribution in [0.1, 0.15) is 39.8 Å². The minimum Gasteiger partial charge on any atom is -0.484 e. The van der Waals surface area contributed by atoms with Gasteiger partial charge in [-0.1, -0.05) is 35.4 Å². The normalized spacial score (nSPS) is 12.9. The van der Waals surface area contributed by atoms with Gasteiger partial charge >= 0.3 is 5.97 Å². The molecule has 7 nitrogen and oxygen atoms in total. The number of hydrogen-bond donors (Lipinski definition) is 0. The standard InChI is InChI=1S/C25H27N3O4/c1-4-31-25(30)24-21-15-27(23(29)16-32-20-11-7-18(3)8-12-20)14-13-22(21)28(26-24)19-9-5-17(2)6-10-19/h5-12H,4,13-16H2,1-3H3. The van der Waals surface area contributed by atoms with E-state index in [2.05, 4.69) is 5.10 Å². The van der Waals surface area contributed by atoms with Gasteiger partial charge in [0.2, 0.25) is 0 Å². The van der Waals surface area contributed by atoms with Crippen LogP contribution < -0.4 is 4.74 Å². The third-order valence-corrected chi connectivity index (χ3v) is 5.54. The lowest BCUT2D eigenvalue weighted by molar-refractivity contribution is -0.134. The topological polar surface area (TPSA) is 73.7 Å². The van der Waals surface area contributed by atoms with Crippen LogP contribution in [0.5, 0.6) is 5.75 Å². The Morgan fingerprint density at radius 2 is 1.66 bits per heavy atom. The maximum Gasteiger partial charge on any atom is 0.359 e. The first-order valence-corrected chi connectivity index (χ1v) is 10.8. The zero-order chi connectivity index (χ0) is 22.7. The molecule has 32 heavy (non-hydrogen) atoms. The number of ether oxygens (including phenoxy) is 2. The summed E-state index contributed by atoms with van der Waals surface area (Å²) in [6.07, 6.45) is 0.589. The Bertz CT molecular complexity index is 1120. The Hall–Kier alpha value is -3.61. The molecule has 0 unspecified atom stereocenters. The van der Waals surface area contributed by atoms with Gasteiger partial charge in [0, 0.05) is 18.5 Å². The monoisotopic (exact) mass is 433 g/mol. The first-order valence-electron chi connectivity index (χ1n) is 10.8. The number of amides is 1. The highest BCUT2D eigenvalue weighted by atomic mass is 16.5. The van der Waals surface area contributed by atoms with Crippen LogP contribution >= 0.6 is 0 Å². The van der Waals surface area contributed by atoms with Crippen LogP contribution in [0.4, 0.5) is 0 Å². The number of aromatic nitrogens is 2. The van der Waals surface area contributed by atoms with Gasteiger partial charge in [0.1, 0.15) is 5.75 Å². The van der Waals surface area contributed by atoms with Crippen molar-refractivity contribution < 1.29 is 19.1 Å². The van der Waals surface area contributed by atoms with Gasteiger partial charge in [-0.2, -0.15) is 5.10 Å². The molecule has 1 aliphatic rings. The van der Waals surface area contributed by atoms with Crippen LogP contribution in [-0.4, -0.2) is 46.3 Å². The molecule has 0 spiro atoms. The van der Waals surface area contributed by atoms with Crippen molar-refractivity contribution in [3.8, 4) is 11.4 Å². The molecule has 2 heterocycles. The van der Waals surface area contributed by atoms with Crippen molar-refractivity contribution in [1.29, 1.82) is 0 Å². The van der Waals surface area contributed by atoms with E-state index in [4.69, 9.17) is 9.47 Å². The van der Waals surface area contributed by atoms with Crippen LogP contribution in [0.3, 0.4) is 0 Å². The van der Waals surface area contributed by atoms with Crippen molar-refractivity contribution in [2.45, 2.75) is 33.7 Å². The predicted molar refractivity (Wildman–Crippen MR) is 120 cm³/mol. The minimum absolute atomic E-state index is 0.0563. The van der Waals surface area contributed by atoms with Gasteiger partial charge in [0.25, 0.3) is 5.91 Å². The van der Waals surface area contributed by atoms with Gasteiger partial charge in [-0.3, -0.25) is 4.79 Å². The molecule has 1 aliphatic heterocycles. The molecule has 4 rings (SSSR count). The molecule has 1 amide bonds. The van der Waals surface area contributed by atoms with Crippen molar-refractivity contribution in [3.05, 3.63) is 76.6 Å². The molecule has 7 heteroatoms. The Balaban J connectivity index is 1.56. The summed E-state index contributed by atoms with van der Waals surface area (Å²) in [5.41, 5.74) is 5.08. The molecule has 0 saturated carbocycles. The summed E-state index contributed by atoms with van der Waals surface area (Å²) < 4.78 is 12.7. The lowest BCUT2D eigenvalue weighted by Gasteiger charge is -2.27. The Labute approximate surface area is 187 Å². The van der Waals surface area contributed by atoms with E-state index in [9.17, 15) is 9.59 Å². The molecule has 0 saturated heterocycles. The van der Waals surface area contributed by atoms with Gasteiger partial charge in [-0.05, 0) is 45.0 Å². The second kappa shape index (κ2) is 9.26. The molecule has 2 aromatic carbocycles. The maximum absolute atomic E-state index is 12.8. The average Bonchev–Trinajstić information content (AvgIpc) is 3.18. The first-order chi connectivity index (χ1) is 15.5. The molecule has 0 N–H and O–H groups in total. The molecule has 1 aromatic heterocycles. The van der Waals surface area contributed by atoms with Gasteiger partial charge < -0.3 is 14.4 Å². The quantitative estimate of drug-likeness (QED) is 0.555. The van der Waals surface area contributed by atoms with Crippen LogP contribution in [0.25, 0.3) is 5.69 Å². The fraction of sp³-hybridized carbons (Fsp3) is 0.320. The SMILES string of the molecule is CCOC(=O)c1nn(-c2ccc(C)cc2)c2c1CN(C(=O)COc1ccc(C)cc1)CC2. The second-order valence-electron chi connectivity index (χ2n) is 7.91. The Morgan fingerprint density at radius 3 is 2.31 bits per heavy atom. The summed E-state index contributed by atoms with van der Waals surface area (Å²) in [6, 6.07) is 15.6. The van der Waals surface area contributed by atoms with E-state index in [1.807, 2.05) is 62.4 Å². The summed E-state index contributed by atoms with van der Waals surface area (Å²) in [6.45, 7) is 6.82. The molecular formula is C25H27N3O4. The van der Waals surface area contributed by atoms with E-state index in [0.717, 1.165) is 28.1 Å². The number of carbonyl (C=O) groups excluding carboxylic acids is 2. The number of benzene rings is 2. The lowest BCUT2D eigenvalue weighted by atomic mass is 10.0. The highest BCUT2D eigenvalue weighted by Crippen LogP contribution is 2.26. The van der Waals surface area contributed by atoms with Gasteiger partial charge in [0.05, 0.1) is 24.5 Å². The number of esters is 1. The van der Waals surface area contributed by atoms with Crippen LogP contribution in [0.15, 0.2) is 48.5 Å². The number of nitrogens with zero attached hydrogens (tertiary/aromatic N) is 3. The number of hydrogen-bond acceptors (Lipinski definition) is 5. The van der Waals surface area contributed by atoms with E-state index in [1.165, 1.54) is 0 Å². The molecule has 0 bridgehead atoms. The highest BCUT2D eigenvalue weighted by molar-refractivity contribution is 5.90.